The maximum atomic E-state index is 13.1. The lowest BCUT2D eigenvalue weighted by molar-refractivity contribution is 0.0518. The van der Waals surface area contributed by atoms with E-state index in [4.69, 9.17) is 9.47 Å². The lowest BCUT2D eigenvalue weighted by Gasteiger charge is -2.11. The van der Waals surface area contributed by atoms with E-state index in [0.717, 1.165) is 3.97 Å². The molecule has 1 aromatic carbocycles. The Hall–Kier alpha value is -2.87. The molecule has 3 rings (SSSR count). The molecular weight excluding hydrogens is 344 g/mol. The first kappa shape index (κ1) is 17.0. The first-order valence-corrected chi connectivity index (χ1v) is 8.97. The Kier molecular flexibility index (Phi) is 4.45. The average molecular weight is 360 g/mol. The van der Waals surface area contributed by atoms with Crippen LogP contribution >= 0.6 is 0 Å². The smallest absolute Gasteiger partial charge is 0.356 e. The van der Waals surface area contributed by atoms with Crippen molar-refractivity contribution in [2.75, 3.05) is 13.7 Å². The number of hydrogen-bond donors (Lipinski definition) is 0. The fourth-order valence-corrected chi connectivity index (χ4v) is 3.91. The molecule has 0 aliphatic carbocycles. The number of methoxy groups -OCH3 is 1. The van der Waals surface area contributed by atoms with Crippen LogP contribution in [0.4, 0.5) is 0 Å². The predicted octanol–water partition coefficient (Wildman–Crippen LogP) is 2.46. The standard InChI is InChI=1S/C17H16N2O5S/c1-3-24-17(20)14-11-12-9-10-15(23-2)18-16(12)19(14)25(21,22)13-7-5-4-6-8-13/h4-11H,3H2,1-2H3. The van der Waals surface area contributed by atoms with E-state index in [2.05, 4.69) is 4.98 Å². The van der Waals surface area contributed by atoms with Crippen molar-refractivity contribution in [3.05, 3.63) is 54.2 Å². The molecule has 0 bridgehead atoms. The molecule has 0 atom stereocenters. The Bertz CT molecular complexity index is 1030. The number of ether oxygens (including phenoxy) is 2. The van der Waals surface area contributed by atoms with Gasteiger partial charge in [-0.3, -0.25) is 0 Å². The molecule has 130 valence electrons. The molecule has 8 heteroatoms. The first-order chi connectivity index (χ1) is 12.0. The van der Waals surface area contributed by atoms with E-state index in [9.17, 15) is 13.2 Å². The summed E-state index contributed by atoms with van der Waals surface area (Å²) in [4.78, 5) is 16.5. The third kappa shape index (κ3) is 2.96. The number of nitrogens with zero attached hydrogens (tertiary/aromatic N) is 2. The van der Waals surface area contributed by atoms with Crippen LogP contribution in [0.2, 0.25) is 0 Å². The highest BCUT2D eigenvalue weighted by atomic mass is 32.2. The molecular formula is C17H16N2O5S. The van der Waals surface area contributed by atoms with Crippen molar-refractivity contribution >= 4 is 27.0 Å². The van der Waals surface area contributed by atoms with Gasteiger partial charge in [0.05, 0.1) is 18.6 Å². The maximum Gasteiger partial charge on any atom is 0.356 e. The zero-order chi connectivity index (χ0) is 18.0. The number of rotatable bonds is 5. The van der Waals surface area contributed by atoms with Gasteiger partial charge in [0.15, 0.2) is 5.65 Å². The average Bonchev–Trinajstić information content (AvgIpc) is 3.02. The molecule has 2 aromatic heterocycles. The Labute approximate surface area is 144 Å². The summed E-state index contributed by atoms with van der Waals surface area (Å²) in [5.74, 6) is -0.496. The Morgan fingerprint density at radius 3 is 2.52 bits per heavy atom. The Balaban J connectivity index is 2.34. The minimum absolute atomic E-state index is 0.0441. The quantitative estimate of drug-likeness (QED) is 0.650. The monoisotopic (exact) mass is 360 g/mol. The summed E-state index contributed by atoms with van der Waals surface area (Å²) in [6, 6.07) is 12.5. The van der Waals surface area contributed by atoms with E-state index in [1.165, 1.54) is 25.3 Å². The first-order valence-electron chi connectivity index (χ1n) is 7.53. The second kappa shape index (κ2) is 6.56. The van der Waals surface area contributed by atoms with Gasteiger partial charge in [0.2, 0.25) is 5.88 Å². The topological polar surface area (TPSA) is 87.5 Å². The van der Waals surface area contributed by atoms with E-state index < -0.39 is 16.0 Å². The molecule has 3 aromatic rings. The number of pyridine rings is 1. The molecule has 0 aliphatic rings. The number of carbonyl (C=O) groups is 1. The van der Waals surface area contributed by atoms with E-state index in [-0.39, 0.29) is 28.7 Å². The largest absolute Gasteiger partial charge is 0.481 e. The number of carbonyl (C=O) groups excluding carboxylic acids is 1. The zero-order valence-electron chi connectivity index (χ0n) is 13.7. The lowest BCUT2D eigenvalue weighted by atomic mass is 10.3. The molecule has 0 N–H and O–H groups in total. The van der Waals surface area contributed by atoms with Crippen LogP contribution in [0, 0.1) is 0 Å². The molecule has 0 aliphatic heterocycles. The highest BCUT2D eigenvalue weighted by Crippen LogP contribution is 2.26. The highest BCUT2D eigenvalue weighted by molar-refractivity contribution is 7.90. The van der Waals surface area contributed by atoms with Gasteiger partial charge in [0, 0.05) is 11.5 Å². The van der Waals surface area contributed by atoms with Crippen LogP contribution in [-0.4, -0.2) is 37.1 Å². The second-order valence-electron chi connectivity index (χ2n) is 5.10. The van der Waals surface area contributed by atoms with Gasteiger partial charge in [-0.15, -0.1) is 0 Å². The highest BCUT2D eigenvalue weighted by Gasteiger charge is 2.28. The summed E-state index contributed by atoms with van der Waals surface area (Å²) in [5, 5.41) is 0.489. The van der Waals surface area contributed by atoms with Gasteiger partial charge in [-0.25, -0.2) is 17.2 Å². The van der Waals surface area contributed by atoms with Gasteiger partial charge in [0.1, 0.15) is 5.69 Å². The molecule has 2 heterocycles. The Morgan fingerprint density at radius 2 is 1.88 bits per heavy atom. The van der Waals surface area contributed by atoms with Gasteiger partial charge in [-0.1, -0.05) is 18.2 Å². The van der Waals surface area contributed by atoms with E-state index >= 15 is 0 Å². The number of aromatic nitrogens is 2. The summed E-state index contributed by atoms with van der Waals surface area (Å²) < 4.78 is 37.2. The van der Waals surface area contributed by atoms with Crippen molar-refractivity contribution in [2.45, 2.75) is 11.8 Å². The summed E-state index contributed by atoms with van der Waals surface area (Å²) in [6.07, 6.45) is 0. The van der Waals surface area contributed by atoms with Gasteiger partial charge >= 0.3 is 5.97 Å². The van der Waals surface area contributed by atoms with Crippen molar-refractivity contribution in [3.63, 3.8) is 0 Å². The maximum absolute atomic E-state index is 13.1. The van der Waals surface area contributed by atoms with Gasteiger partial charge in [0.25, 0.3) is 10.0 Å². The van der Waals surface area contributed by atoms with E-state index in [0.29, 0.717) is 5.39 Å². The summed E-state index contributed by atoms with van der Waals surface area (Å²) in [6.45, 7) is 1.78. The van der Waals surface area contributed by atoms with Crippen LogP contribution in [0.15, 0.2) is 53.4 Å². The van der Waals surface area contributed by atoms with Crippen molar-refractivity contribution in [1.29, 1.82) is 0 Å². The zero-order valence-corrected chi connectivity index (χ0v) is 14.5. The molecule has 0 saturated heterocycles. The molecule has 0 amide bonds. The third-order valence-electron chi connectivity index (χ3n) is 3.56. The summed E-state index contributed by atoms with van der Waals surface area (Å²) >= 11 is 0. The summed E-state index contributed by atoms with van der Waals surface area (Å²) in [7, 11) is -2.61. The van der Waals surface area contributed by atoms with Crippen molar-refractivity contribution in [3.8, 4) is 5.88 Å². The van der Waals surface area contributed by atoms with Gasteiger partial charge in [-0.05, 0) is 31.2 Å². The molecule has 7 nitrogen and oxygen atoms in total. The predicted molar refractivity (Wildman–Crippen MR) is 91.3 cm³/mol. The Morgan fingerprint density at radius 1 is 1.16 bits per heavy atom. The van der Waals surface area contributed by atoms with Crippen LogP contribution in [0.1, 0.15) is 17.4 Å². The molecule has 0 fully saturated rings. The van der Waals surface area contributed by atoms with E-state index in [1.807, 2.05) is 0 Å². The van der Waals surface area contributed by atoms with Gasteiger partial charge in [-0.2, -0.15) is 4.98 Å². The third-order valence-corrected chi connectivity index (χ3v) is 5.28. The van der Waals surface area contributed by atoms with Crippen LogP contribution in [0.5, 0.6) is 5.88 Å². The molecule has 0 unspecified atom stereocenters. The molecule has 0 saturated carbocycles. The minimum atomic E-state index is -4.04. The molecule has 0 spiro atoms. The molecule has 0 radical (unpaired) electrons. The number of hydrogen-bond acceptors (Lipinski definition) is 6. The second-order valence-corrected chi connectivity index (χ2v) is 6.89. The van der Waals surface area contributed by atoms with Crippen molar-refractivity contribution in [1.82, 2.24) is 8.96 Å². The number of benzene rings is 1. The number of fused-ring (bicyclic) bond motifs is 1. The van der Waals surface area contributed by atoms with Crippen LogP contribution in [0.25, 0.3) is 11.0 Å². The van der Waals surface area contributed by atoms with Gasteiger partial charge < -0.3 is 9.47 Å². The molecule has 25 heavy (non-hydrogen) atoms. The van der Waals surface area contributed by atoms with Crippen molar-refractivity contribution < 1.29 is 22.7 Å². The van der Waals surface area contributed by atoms with Crippen molar-refractivity contribution in [2.24, 2.45) is 0 Å². The SMILES string of the molecule is CCOC(=O)c1cc2ccc(OC)nc2n1S(=O)(=O)c1ccccc1. The fraction of sp³-hybridized carbons (Fsp3) is 0.176. The van der Waals surface area contributed by atoms with Crippen LogP contribution in [-0.2, 0) is 14.8 Å². The fourth-order valence-electron chi connectivity index (χ4n) is 2.44. The van der Waals surface area contributed by atoms with Crippen LogP contribution in [0.3, 0.4) is 0 Å². The normalized spacial score (nSPS) is 11.4. The summed E-state index contributed by atoms with van der Waals surface area (Å²) in [5.41, 5.74) is -0.00675. The minimum Gasteiger partial charge on any atom is -0.481 e. The van der Waals surface area contributed by atoms with E-state index in [1.54, 1.807) is 37.3 Å². The lowest BCUT2D eigenvalue weighted by Crippen LogP contribution is -2.20. The number of esters is 1. The van der Waals surface area contributed by atoms with Crippen LogP contribution < -0.4 is 4.74 Å².